The zero-order valence-electron chi connectivity index (χ0n) is 28.7. The molecule has 1 aromatic carbocycles. The molecule has 6 rings (SSSR count). The maximum absolute atomic E-state index is 13.0. The second-order valence-corrected chi connectivity index (χ2v) is 17.2. The average molecular weight is 635 g/mol. The summed E-state index contributed by atoms with van der Waals surface area (Å²) in [5.74, 6) is -1.07. The minimum Gasteiger partial charge on any atom is -0.508 e. The molecule has 0 radical (unpaired) electrons. The van der Waals surface area contributed by atoms with Gasteiger partial charge in [-0.1, -0.05) is 65.3 Å². The Morgan fingerprint density at radius 2 is 1.61 bits per heavy atom. The number of carboxylic acids is 1. The molecule has 252 valence electrons. The van der Waals surface area contributed by atoms with Gasteiger partial charge < -0.3 is 25.2 Å². The fourth-order valence-electron chi connectivity index (χ4n) is 12.1. The van der Waals surface area contributed by atoms with E-state index in [9.17, 15) is 30.0 Å². The van der Waals surface area contributed by atoms with Gasteiger partial charge in [0.2, 0.25) is 0 Å². The molecule has 7 heteroatoms. The maximum atomic E-state index is 13.0. The molecule has 5 aliphatic carbocycles. The van der Waals surface area contributed by atoms with E-state index in [0.29, 0.717) is 25.7 Å². The van der Waals surface area contributed by atoms with Crippen LogP contribution in [0.3, 0.4) is 0 Å². The van der Waals surface area contributed by atoms with E-state index in [-0.39, 0.29) is 39.7 Å². The lowest BCUT2D eigenvalue weighted by molar-refractivity contribution is -0.242. The van der Waals surface area contributed by atoms with Gasteiger partial charge in [-0.15, -0.1) is 0 Å². The fourth-order valence-corrected chi connectivity index (χ4v) is 12.1. The number of aliphatic hydroxyl groups is 2. The van der Waals surface area contributed by atoms with E-state index < -0.39 is 46.5 Å². The topological polar surface area (TPSA) is 124 Å². The van der Waals surface area contributed by atoms with Crippen LogP contribution >= 0.6 is 0 Å². The van der Waals surface area contributed by atoms with Crippen LogP contribution in [-0.4, -0.2) is 50.2 Å². The highest BCUT2D eigenvalue weighted by molar-refractivity contribution is 5.87. The van der Waals surface area contributed by atoms with Crippen molar-refractivity contribution in [2.45, 2.75) is 118 Å². The summed E-state index contributed by atoms with van der Waals surface area (Å²) >= 11 is 0. The molecule has 4 fully saturated rings. The van der Waals surface area contributed by atoms with Crippen LogP contribution in [0.4, 0.5) is 0 Å². The van der Waals surface area contributed by atoms with Crippen molar-refractivity contribution in [3.63, 3.8) is 0 Å². The van der Waals surface area contributed by atoms with Gasteiger partial charge in [-0.3, -0.25) is 4.79 Å². The number of fused-ring (bicyclic) bond motifs is 7. The summed E-state index contributed by atoms with van der Waals surface area (Å²) in [6.45, 7) is 15.3. The number of esters is 1. The van der Waals surface area contributed by atoms with Crippen molar-refractivity contribution in [3.05, 3.63) is 47.6 Å². The van der Waals surface area contributed by atoms with Crippen LogP contribution in [0.2, 0.25) is 0 Å². The van der Waals surface area contributed by atoms with E-state index in [2.05, 4.69) is 47.6 Å². The molecule has 0 bridgehead atoms. The normalized spacial score (nSPS) is 46.2. The van der Waals surface area contributed by atoms with Crippen LogP contribution in [0, 0.1) is 50.7 Å². The number of hydrogen-bond acceptors (Lipinski definition) is 6. The van der Waals surface area contributed by atoms with E-state index in [1.807, 2.05) is 6.92 Å². The Kier molecular flexibility index (Phi) is 7.73. The van der Waals surface area contributed by atoms with E-state index in [4.69, 9.17) is 4.74 Å². The minimum absolute atomic E-state index is 0.0110. The summed E-state index contributed by atoms with van der Waals surface area (Å²) in [7, 11) is 0. The van der Waals surface area contributed by atoms with Gasteiger partial charge >= 0.3 is 11.9 Å². The molecule has 46 heavy (non-hydrogen) atoms. The Balaban J connectivity index is 1.31. The first kappa shape index (κ1) is 33.3. The van der Waals surface area contributed by atoms with Crippen LogP contribution in [0.1, 0.15) is 105 Å². The number of aliphatic hydroxyl groups excluding tert-OH is 1. The smallest absolute Gasteiger partial charge is 0.331 e. The Morgan fingerprint density at radius 1 is 0.935 bits per heavy atom. The zero-order chi connectivity index (χ0) is 33.7. The Bertz CT molecular complexity index is 1460. The molecule has 11 atom stereocenters. The number of aromatic hydroxyl groups is 1. The number of allylic oxidation sites excluding steroid dienone is 1. The lowest BCUT2D eigenvalue weighted by Crippen LogP contribution is -2.69. The van der Waals surface area contributed by atoms with E-state index in [0.717, 1.165) is 36.8 Å². The molecule has 1 aromatic rings. The van der Waals surface area contributed by atoms with Crippen molar-refractivity contribution in [1.29, 1.82) is 0 Å². The number of ether oxygens (including phenoxy) is 1. The predicted molar refractivity (Wildman–Crippen MR) is 176 cm³/mol. The zero-order valence-corrected chi connectivity index (χ0v) is 28.7. The van der Waals surface area contributed by atoms with E-state index in [1.165, 1.54) is 6.08 Å². The van der Waals surface area contributed by atoms with Crippen LogP contribution in [0.25, 0.3) is 6.08 Å². The molecular formula is C39H54O7. The van der Waals surface area contributed by atoms with Crippen molar-refractivity contribution in [1.82, 2.24) is 0 Å². The number of carbonyl (C=O) groups excluding carboxylic acids is 1. The molecule has 7 nitrogen and oxygen atoms in total. The molecule has 0 aliphatic heterocycles. The summed E-state index contributed by atoms with van der Waals surface area (Å²) in [6.07, 6.45) is 9.72. The Hall–Kier alpha value is -2.64. The quantitative estimate of drug-likeness (QED) is 0.158. The molecule has 0 heterocycles. The molecule has 0 unspecified atom stereocenters. The number of carboxylic acid groups (broad SMARTS) is 1. The lowest BCUT2D eigenvalue weighted by atomic mass is 9.33. The highest BCUT2D eigenvalue weighted by Crippen LogP contribution is 2.76. The predicted octanol–water partition coefficient (Wildman–Crippen LogP) is 7.15. The monoisotopic (exact) mass is 634 g/mol. The molecular weight excluding hydrogens is 580 g/mol. The van der Waals surface area contributed by atoms with Crippen LogP contribution < -0.4 is 0 Å². The molecule has 0 saturated heterocycles. The van der Waals surface area contributed by atoms with Crippen LogP contribution in [0.5, 0.6) is 5.75 Å². The standard InChI is InChI=1S/C39H54O7/c1-23-16-19-39(33(43)44)21-20-36(5)26(31(39)38(23,7)45)13-14-29-35(4)22-27(41)32(34(2,3)28(35)17-18-37(29,36)6)46-30(42)15-10-24-8-11-25(40)12-9-24/h8-13,15,23,27-29,31-32,40-41,45H,14,16-22H2,1-7H3,(H,43,44)/b15-10+/t23-,27-,28-,29-,31-,32+,35+,36-,37-,38-,39+/m1/s1. The summed E-state index contributed by atoms with van der Waals surface area (Å²) in [5, 5.41) is 44.0. The van der Waals surface area contributed by atoms with Gasteiger partial charge in [-0.05, 0) is 116 Å². The van der Waals surface area contributed by atoms with E-state index >= 15 is 0 Å². The number of phenols is 1. The molecule has 4 N–H and O–H groups in total. The first-order valence-corrected chi connectivity index (χ1v) is 17.4. The number of benzene rings is 1. The highest BCUT2D eigenvalue weighted by Gasteiger charge is 2.72. The summed E-state index contributed by atoms with van der Waals surface area (Å²) in [5.41, 5.74) is -1.25. The third-order valence-electron chi connectivity index (χ3n) is 14.9. The summed E-state index contributed by atoms with van der Waals surface area (Å²) in [6, 6.07) is 6.57. The second-order valence-electron chi connectivity index (χ2n) is 17.2. The van der Waals surface area contributed by atoms with Crippen molar-refractivity contribution in [3.8, 4) is 5.75 Å². The molecule has 4 saturated carbocycles. The largest absolute Gasteiger partial charge is 0.508 e. The summed E-state index contributed by atoms with van der Waals surface area (Å²) < 4.78 is 6.03. The van der Waals surface area contributed by atoms with Crippen molar-refractivity contribution in [2.75, 3.05) is 0 Å². The number of aliphatic carboxylic acids is 1. The lowest BCUT2D eigenvalue weighted by Gasteiger charge is -2.72. The van der Waals surface area contributed by atoms with Crippen LogP contribution in [0.15, 0.2) is 42.0 Å². The highest BCUT2D eigenvalue weighted by atomic mass is 16.6. The fraction of sp³-hybridized carbons (Fsp3) is 0.692. The SMILES string of the molecule is C[C@@H]1CC[C@]2(C(=O)O)CC[C@]3(C)C(=CC[C@@H]4[C@@]5(C)C[C@@H](O)[C@H](OC(=O)/C=C/c6ccc(O)cc6)C(C)(C)[C@H]5CC[C@]43C)[C@@H]2[C@]1(C)O. The average Bonchev–Trinajstić information content (AvgIpc) is 2.97. The molecule has 0 amide bonds. The maximum Gasteiger partial charge on any atom is 0.331 e. The molecule has 0 aromatic heterocycles. The van der Waals surface area contributed by atoms with Crippen molar-refractivity contribution in [2.24, 2.45) is 50.7 Å². The molecule has 0 spiro atoms. The van der Waals surface area contributed by atoms with Crippen LogP contribution in [-0.2, 0) is 14.3 Å². The third kappa shape index (κ3) is 4.50. The minimum atomic E-state index is -1.11. The summed E-state index contributed by atoms with van der Waals surface area (Å²) in [4.78, 5) is 26.0. The number of phenolic OH excluding ortho intramolecular Hbond substituents is 1. The van der Waals surface area contributed by atoms with Crippen molar-refractivity contribution >= 4 is 18.0 Å². The first-order valence-electron chi connectivity index (χ1n) is 17.4. The Morgan fingerprint density at radius 3 is 2.26 bits per heavy atom. The van der Waals surface area contributed by atoms with Gasteiger partial charge in [0.1, 0.15) is 11.9 Å². The van der Waals surface area contributed by atoms with Crippen molar-refractivity contribution < 1.29 is 34.8 Å². The van der Waals surface area contributed by atoms with Gasteiger partial charge in [0.15, 0.2) is 0 Å². The first-order chi connectivity index (χ1) is 21.3. The number of rotatable bonds is 4. The third-order valence-corrected chi connectivity index (χ3v) is 14.9. The second kappa shape index (κ2) is 10.7. The molecule has 5 aliphatic rings. The number of hydrogen-bond donors (Lipinski definition) is 4. The van der Waals surface area contributed by atoms with Gasteiger partial charge in [-0.2, -0.15) is 0 Å². The Labute approximate surface area is 274 Å². The van der Waals surface area contributed by atoms with E-state index in [1.54, 1.807) is 30.3 Å². The number of carbonyl (C=O) groups is 2. The van der Waals surface area contributed by atoms with Gasteiger partial charge in [0.25, 0.3) is 0 Å². The van der Waals surface area contributed by atoms with Gasteiger partial charge in [0.05, 0.1) is 17.1 Å². The van der Waals surface area contributed by atoms with Gasteiger partial charge in [0, 0.05) is 17.4 Å². The van der Waals surface area contributed by atoms with Gasteiger partial charge in [-0.25, -0.2) is 4.79 Å².